The normalized spacial score (nSPS) is 15.5. The highest BCUT2D eigenvalue weighted by Crippen LogP contribution is 2.33. The van der Waals surface area contributed by atoms with E-state index in [1.54, 1.807) is 6.33 Å². The molecule has 1 aromatic heterocycles. The number of benzene rings is 3. The fourth-order valence-electron chi connectivity index (χ4n) is 3.47. The van der Waals surface area contributed by atoms with Gasteiger partial charge in [0.1, 0.15) is 12.4 Å². The molecule has 0 fully saturated rings. The number of anilines is 1. The smallest absolute Gasteiger partial charge is 0.226 e. The largest absolute Gasteiger partial charge is 0.324 e. The minimum Gasteiger partial charge on any atom is -0.324 e. The molecule has 5 heteroatoms. The number of hydrogen-bond donors (Lipinski definition) is 1. The number of halogens is 1. The van der Waals surface area contributed by atoms with Crippen LogP contribution in [0, 0.1) is 0 Å². The van der Waals surface area contributed by atoms with Crippen molar-refractivity contribution in [1.82, 2.24) is 14.8 Å². The molecule has 1 atom stereocenters. The predicted octanol–water partition coefficient (Wildman–Crippen LogP) is 5.65. The first-order valence-corrected chi connectivity index (χ1v) is 9.45. The zero-order valence-corrected chi connectivity index (χ0v) is 15.7. The highest BCUT2D eigenvalue weighted by molar-refractivity contribution is 6.30. The Morgan fingerprint density at radius 1 is 0.786 bits per heavy atom. The molecule has 0 saturated heterocycles. The van der Waals surface area contributed by atoms with E-state index in [-0.39, 0.29) is 6.04 Å². The Labute approximate surface area is 168 Å². The van der Waals surface area contributed by atoms with Crippen molar-refractivity contribution in [1.29, 1.82) is 0 Å². The number of fused-ring (bicyclic) bond motifs is 1. The Hall–Kier alpha value is -3.37. The van der Waals surface area contributed by atoms with E-state index in [9.17, 15) is 0 Å². The van der Waals surface area contributed by atoms with E-state index >= 15 is 0 Å². The fraction of sp³-hybridized carbons (Fsp3) is 0.0435. The lowest BCUT2D eigenvalue weighted by Gasteiger charge is -2.24. The first-order chi connectivity index (χ1) is 13.8. The van der Waals surface area contributed by atoms with Crippen molar-refractivity contribution in [2.75, 3.05) is 5.32 Å². The van der Waals surface area contributed by atoms with Gasteiger partial charge >= 0.3 is 0 Å². The van der Waals surface area contributed by atoms with Gasteiger partial charge in [0.05, 0.1) is 0 Å². The molecule has 0 bridgehead atoms. The lowest BCUT2D eigenvalue weighted by molar-refractivity contribution is 0.612. The van der Waals surface area contributed by atoms with Crippen LogP contribution in [0.15, 0.2) is 91.3 Å². The van der Waals surface area contributed by atoms with Gasteiger partial charge < -0.3 is 5.32 Å². The third kappa shape index (κ3) is 3.08. The summed E-state index contributed by atoms with van der Waals surface area (Å²) in [4.78, 5) is 4.36. The van der Waals surface area contributed by atoms with Crippen LogP contribution in [0.5, 0.6) is 0 Å². The van der Waals surface area contributed by atoms with E-state index in [4.69, 9.17) is 11.6 Å². The second-order valence-corrected chi connectivity index (χ2v) is 7.11. The predicted molar refractivity (Wildman–Crippen MR) is 113 cm³/mol. The van der Waals surface area contributed by atoms with Gasteiger partial charge in [-0.1, -0.05) is 78.3 Å². The van der Waals surface area contributed by atoms with Gasteiger partial charge in [-0.3, -0.25) is 0 Å². The average Bonchev–Trinajstić information content (AvgIpc) is 3.23. The van der Waals surface area contributed by atoms with E-state index < -0.39 is 0 Å². The summed E-state index contributed by atoms with van der Waals surface area (Å²) in [5, 5.41) is 8.49. The van der Waals surface area contributed by atoms with Crippen molar-refractivity contribution in [2.45, 2.75) is 6.04 Å². The van der Waals surface area contributed by atoms with E-state index in [1.165, 1.54) is 11.1 Å². The van der Waals surface area contributed by atoms with Crippen LogP contribution >= 0.6 is 11.6 Å². The van der Waals surface area contributed by atoms with Crippen LogP contribution in [0.4, 0.5) is 5.95 Å². The first-order valence-electron chi connectivity index (χ1n) is 9.07. The molecule has 0 spiro atoms. The summed E-state index contributed by atoms with van der Waals surface area (Å²) < 4.78 is 1.88. The molecule has 3 aromatic carbocycles. The van der Waals surface area contributed by atoms with E-state index in [0.29, 0.717) is 0 Å². The zero-order chi connectivity index (χ0) is 18.9. The Balaban J connectivity index is 1.52. The SMILES string of the molecule is Clc1ccc([C@@H]2C=C(c3ccc(-c4ccccc4)cc3)Nc3ncnn32)cc1. The maximum Gasteiger partial charge on any atom is 0.226 e. The van der Waals surface area contributed by atoms with Gasteiger partial charge in [-0.2, -0.15) is 10.1 Å². The molecule has 28 heavy (non-hydrogen) atoms. The third-order valence-electron chi connectivity index (χ3n) is 4.92. The third-order valence-corrected chi connectivity index (χ3v) is 5.17. The summed E-state index contributed by atoms with van der Waals surface area (Å²) in [6.45, 7) is 0. The molecule has 136 valence electrons. The Morgan fingerprint density at radius 3 is 2.21 bits per heavy atom. The molecule has 1 aliphatic rings. The quantitative estimate of drug-likeness (QED) is 0.496. The summed E-state index contributed by atoms with van der Waals surface area (Å²) in [6.07, 6.45) is 3.74. The number of allylic oxidation sites excluding steroid dienone is 1. The molecule has 0 amide bonds. The number of hydrogen-bond acceptors (Lipinski definition) is 3. The fourth-order valence-corrected chi connectivity index (χ4v) is 3.60. The molecule has 4 nitrogen and oxygen atoms in total. The second kappa shape index (κ2) is 6.98. The van der Waals surface area contributed by atoms with Crippen LogP contribution in [0.25, 0.3) is 16.8 Å². The van der Waals surface area contributed by atoms with Gasteiger partial charge in [0.25, 0.3) is 0 Å². The topological polar surface area (TPSA) is 42.7 Å². The van der Waals surface area contributed by atoms with Gasteiger partial charge in [-0.25, -0.2) is 4.68 Å². The van der Waals surface area contributed by atoms with Crippen LogP contribution in [0.1, 0.15) is 17.2 Å². The van der Waals surface area contributed by atoms with E-state index in [2.05, 4.69) is 70.0 Å². The van der Waals surface area contributed by atoms with Crippen LogP contribution < -0.4 is 5.32 Å². The molecule has 1 N–H and O–H groups in total. The van der Waals surface area contributed by atoms with Crippen LogP contribution in [-0.2, 0) is 0 Å². The van der Waals surface area contributed by atoms with Crippen molar-refractivity contribution in [3.05, 3.63) is 107 Å². The van der Waals surface area contributed by atoms with Crippen molar-refractivity contribution in [3.8, 4) is 11.1 Å². The molecular weight excluding hydrogens is 368 g/mol. The average molecular weight is 385 g/mol. The highest BCUT2D eigenvalue weighted by Gasteiger charge is 2.23. The molecule has 0 unspecified atom stereocenters. The summed E-state index contributed by atoms with van der Waals surface area (Å²) in [5.41, 5.74) is 5.63. The van der Waals surface area contributed by atoms with Gasteiger partial charge in [0.2, 0.25) is 5.95 Å². The summed E-state index contributed by atoms with van der Waals surface area (Å²) in [6, 6.07) is 26.7. The van der Waals surface area contributed by atoms with Crippen LogP contribution in [0.2, 0.25) is 5.02 Å². The van der Waals surface area contributed by atoms with Gasteiger partial charge in [0, 0.05) is 10.7 Å². The van der Waals surface area contributed by atoms with Gasteiger partial charge in [-0.15, -0.1) is 0 Å². The Kier molecular flexibility index (Phi) is 4.18. The van der Waals surface area contributed by atoms with Crippen molar-refractivity contribution in [3.63, 3.8) is 0 Å². The minimum absolute atomic E-state index is 0.0418. The second-order valence-electron chi connectivity index (χ2n) is 6.67. The molecule has 2 heterocycles. The van der Waals surface area contributed by atoms with Crippen molar-refractivity contribution < 1.29 is 0 Å². The van der Waals surface area contributed by atoms with Gasteiger partial charge in [-0.05, 0) is 40.5 Å². The highest BCUT2D eigenvalue weighted by atomic mass is 35.5. The summed E-state index contributed by atoms with van der Waals surface area (Å²) >= 11 is 6.06. The number of rotatable bonds is 3. The summed E-state index contributed by atoms with van der Waals surface area (Å²) in [5.74, 6) is 0.726. The zero-order valence-electron chi connectivity index (χ0n) is 15.0. The number of nitrogens with zero attached hydrogens (tertiary/aromatic N) is 3. The molecule has 0 radical (unpaired) electrons. The first kappa shape index (κ1) is 16.8. The van der Waals surface area contributed by atoms with Crippen LogP contribution in [0.3, 0.4) is 0 Å². The lowest BCUT2D eigenvalue weighted by atomic mass is 9.99. The standard InChI is InChI=1S/C23H17ClN4/c24-20-12-10-19(11-13-20)22-14-21(27-23-25-15-26-28(22)23)18-8-6-17(7-9-18)16-4-2-1-3-5-16/h1-15,22H,(H,25,26,27)/t22-/m0/s1. The Morgan fingerprint density at radius 2 is 1.46 bits per heavy atom. The maximum atomic E-state index is 6.06. The van der Waals surface area contributed by atoms with Crippen molar-refractivity contribution in [2.24, 2.45) is 0 Å². The molecular formula is C23H17ClN4. The van der Waals surface area contributed by atoms with Crippen LogP contribution in [-0.4, -0.2) is 14.8 Å². The minimum atomic E-state index is -0.0418. The monoisotopic (exact) mass is 384 g/mol. The molecule has 1 aliphatic heterocycles. The van der Waals surface area contributed by atoms with Crippen molar-refractivity contribution >= 4 is 23.2 Å². The molecule has 0 saturated carbocycles. The number of aromatic nitrogens is 3. The lowest BCUT2D eigenvalue weighted by Crippen LogP contribution is -2.20. The van der Waals surface area contributed by atoms with E-state index in [1.807, 2.05) is 35.0 Å². The molecule has 4 aromatic rings. The van der Waals surface area contributed by atoms with E-state index in [0.717, 1.165) is 27.8 Å². The van der Waals surface area contributed by atoms with Gasteiger partial charge in [0.15, 0.2) is 0 Å². The number of nitrogens with one attached hydrogen (secondary N) is 1. The molecule has 0 aliphatic carbocycles. The molecule has 5 rings (SSSR count). The maximum absolute atomic E-state index is 6.06. The Bertz CT molecular complexity index is 1130. The summed E-state index contributed by atoms with van der Waals surface area (Å²) in [7, 11) is 0.